The average molecular weight is 335 g/mol. The van der Waals surface area contributed by atoms with Crippen molar-refractivity contribution in [3.05, 3.63) is 34.3 Å². The van der Waals surface area contributed by atoms with Crippen molar-refractivity contribution in [2.24, 2.45) is 5.73 Å². The Bertz CT molecular complexity index is 424. The number of benzene rings is 1. The standard InChI is InChI=1S/C13H16BrNO2.ClH/c1-17-12(16)13(15)7-6-10(8-13)9-2-4-11(14)5-3-9;/h2-5,10H,6-8,15H2,1H3;1H/t10-,13-;/m0./s1. The molecule has 5 heteroatoms. The number of carbonyl (C=O) groups is 1. The van der Waals surface area contributed by atoms with Gasteiger partial charge in [-0.15, -0.1) is 12.4 Å². The Kier molecular flexibility index (Phi) is 5.20. The number of rotatable bonds is 2. The van der Waals surface area contributed by atoms with E-state index in [1.807, 2.05) is 12.1 Å². The van der Waals surface area contributed by atoms with Gasteiger partial charge in [0.05, 0.1) is 7.11 Å². The van der Waals surface area contributed by atoms with Gasteiger partial charge in [0.15, 0.2) is 0 Å². The second-order valence-corrected chi connectivity index (χ2v) is 5.55. The monoisotopic (exact) mass is 333 g/mol. The molecule has 1 aromatic carbocycles. The second kappa shape index (κ2) is 6.04. The maximum absolute atomic E-state index is 11.6. The summed E-state index contributed by atoms with van der Waals surface area (Å²) in [6.45, 7) is 0. The topological polar surface area (TPSA) is 52.3 Å². The first-order valence-electron chi connectivity index (χ1n) is 5.68. The summed E-state index contributed by atoms with van der Waals surface area (Å²) in [5, 5.41) is 0. The summed E-state index contributed by atoms with van der Waals surface area (Å²) in [5.41, 5.74) is 6.53. The summed E-state index contributed by atoms with van der Waals surface area (Å²) >= 11 is 3.41. The van der Waals surface area contributed by atoms with Crippen LogP contribution in [0.4, 0.5) is 0 Å². The first kappa shape index (κ1) is 15.5. The third kappa shape index (κ3) is 3.05. The number of esters is 1. The maximum Gasteiger partial charge on any atom is 0.325 e. The first-order valence-corrected chi connectivity index (χ1v) is 6.47. The van der Waals surface area contributed by atoms with Crippen molar-refractivity contribution in [2.45, 2.75) is 30.7 Å². The van der Waals surface area contributed by atoms with E-state index >= 15 is 0 Å². The van der Waals surface area contributed by atoms with Crippen LogP contribution >= 0.6 is 28.3 Å². The van der Waals surface area contributed by atoms with Crippen LogP contribution in [-0.2, 0) is 9.53 Å². The summed E-state index contributed by atoms with van der Waals surface area (Å²) in [4.78, 5) is 11.6. The van der Waals surface area contributed by atoms with Crippen molar-refractivity contribution in [2.75, 3.05) is 7.11 Å². The van der Waals surface area contributed by atoms with Crippen LogP contribution in [0.25, 0.3) is 0 Å². The predicted molar refractivity (Wildman–Crippen MR) is 76.9 cm³/mol. The number of ether oxygens (including phenoxy) is 1. The average Bonchev–Trinajstić information content (AvgIpc) is 2.73. The quantitative estimate of drug-likeness (QED) is 0.846. The molecule has 0 bridgehead atoms. The molecule has 1 aliphatic rings. The van der Waals surface area contributed by atoms with Crippen LogP contribution in [0.1, 0.15) is 30.7 Å². The van der Waals surface area contributed by atoms with Gasteiger partial charge in [-0.25, -0.2) is 0 Å². The van der Waals surface area contributed by atoms with E-state index in [4.69, 9.17) is 10.5 Å². The molecule has 1 fully saturated rings. The minimum atomic E-state index is -0.799. The summed E-state index contributed by atoms with van der Waals surface area (Å²) in [7, 11) is 1.39. The molecule has 1 aromatic rings. The third-order valence-corrected chi connectivity index (χ3v) is 4.01. The van der Waals surface area contributed by atoms with Crippen molar-refractivity contribution < 1.29 is 9.53 Å². The van der Waals surface area contributed by atoms with E-state index < -0.39 is 5.54 Å². The summed E-state index contributed by atoms with van der Waals surface area (Å²) < 4.78 is 5.83. The molecule has 0 unspecified atom stereocenters. The molecule has 100 valence electrons. The minimum Gasteiger partial charge on any atom is -0.468 e. The highest BCUT2D eigenvalue weighted by atomic mass is 79.9. The maximum atomic E-state index is 11.6. The van der Waals surface area contributed by atoms with Gasteiger partial charge in [0.1, 0.15) is 5.54 Å². The van der Waals surface area contributed by atoms with Crippen LogP contribution in [0.15, 0.2) is 28.7 Å². The largest absolute Gasteiger partial charge is 0.468 e. The van der Waals surface area contributed by atoms with Crippen molar-refractivity contribution >= 4 is 34.3 Å². The Hall–Kier alpha value is -0.580. The zero-order chi connectivity index (χ0) is 12.5. The van der Waals surface area contributed by atoms with Gasteiger partial charge in [-0.2, -0.15) is 0 Å². The van der Waals surface area contributed by atoms with Gasteiger partial charge in [0.25, 0.3) is 0 Å². The molecule has 0 heterocycles. The normalized spacial score (nSPS) is 26.5. The highest BCUT2D eigenvalue weighted by Gasteiger charge is 2.43. The van der Waals surface area contributed by atoms with Gasteiger partial charge in [-0.05, 0) is 42.9 Å². The molecule has 2 N–H and O–H groups in total. The Morgan fingerprint density at radius 3 is 2.61 bits per heavy atom. The van der Waals surface area contributed by atoms with Crippen LogP contribution < -0.4 is 5.73 Å². The van der Waals surface area contributed by atoms with E-state index in [2.05, 4.69) is 28.1 Å². The van der Waals surface area contributed by atoms with Gasteiger partial charge in [-0.1, -0.05) is 28.1 Å². The highest BCUT2D eigenvalue weighted by Crippen LogP contribution is 2.40. The van der Waals surface area contributed by atoms with Crippen molar-refractivity contribution in [1.29, 1.82) is 0 Å². The SMILES string of the molecule is COC(=O)[C@]1(N)CC[C@H](c2ccc(Br)cc2)C1.Cl. The molecule has 0 radical (unpaired) electrons. The van der Waals surface area contributed by atoms with Gasteiger partial charge in [0, 0.05) is 4.47 Å². The molecule has 1 aliphatic carbocycles. The molecular formula is C13H17BrClNO2. The van der Waals surface area contributed by atoms with E-state index in [1.54, 1.807) is 0 Å². The Morgan fingerprint density at radius 1 is 1.44 bits per heavy atom. The molecule has 3 nitrogen and oxygen atoms in total. The zero-order valence-corrected chi connectivity index (χ0v) is 12.6. The number of methoxy groups -OCH3 is 1. The molecule has 18 heavy (non-hydrogen) atoms. The fourth-order valence-electron chi connectivity index (χ4n) is 2.48. The summed E-state index contributed by atoms with van der Waals surface area (Å²) in [5.74, 6) is 0.0595. The number of nitrogens with two attached hydrogens (primary N) is 1. The lowest BCUT2D eigenvalue weighted by Crippen LogP contribution is -2.46. The molecule has 2 rings (SSSR count). The van der Waals surface area contributed by atoms with Crippen molar-refractivity contribution in [3.63, 3.8) is 0 Å². The molecule has 0 aromatic heterocycles. The van der Waals surface area contributed by atoms with Crippen molar-refractivity contribution in [3.8, 4) is 0 Å². The molecule has 1 saturated carbocycles. The van der Waals surface area contributed by atoms with Crippen LogP contribution in [0, 0.1) is 0 Å². The van der Waals surface area contributed by atoms with Crippen LogP contribution in [0.2, 0.25) is 0 Å². The molecular weight excluding hydrogens is 318 g/mol. The zero-order valence-electron chi connectivity index (χ0n) is 10.2. The van der Waals surface area contributed by atoms with E-state index in [9.17, 15) is 4.79 Å². The van der Waals surface area contributed by atoms with Gasteiger partial charge in [0.2, 0.25) is 0 Å². The van der Waals surface area contributed by atoms with E-state index in [-0.39, 0.29) is 18.4 Å². The van der Waals surface area contributed by atoms with Crippen molar-refractivity contribution in [1.82, 2.24) is 0 Å². The molecule has 2 atom stereocenters. The lowest BCUT2D eigenvalue weighted by molar-refractivity contribution is -0.146. The Morgan fingerprint density at radius 2 is 2.06 bits per heavy atom. The Labute approximate surface area is 122 Å². The van der Waals surface area contributed by atoms with Crippen LogP contribution in [0.3, 0.4) is 0 Å². The predicted octanol–water partition coefficient (Wildman–Crippen LogP) is 3.01. The Balaban J connectivity index is 0.00000162. The van der Waals surface area contributed by atoms with E-state index in [0.29, 0.717) is 18.8 Å². The minimum absolute atomic E-state index is 0. The van der Waals surface area contributed by atoms with Crippen LogP contribution in [-0.4, -0.2) is 18.6 Å². The number of hydrogen-bond acceptors (Lipinski definition) is 3. The number of hydrogen-bond donors (Lipinski definition) is 1. The molecule has 0 spiro atoms. The van der Waals surface area contributed by atoms with Gasteiger partial charge >= 0.3 is 5.97 Å². The van der Waals surface area contributed by atoms with Gasteiger partial charge in [-0.3, -0.25) is 4.79 Å². The first-order chi connectivity index (χ1) is 8.05. The lowest BCUT2D eigenvalue weighted by atomic mass is 9.93. The third-order valence-electron chi connectivity index (χ3n) is 3.48. The molecule has 0 saturated heterocycles. The smallest absolute Gasteiger partial charge is 0.325 e. The fourth-order valence-corrected chi connectivity index (χ4v) is 2.75. The second-order valence-electron chi connectivity index (χ2n) is 4.64. The summed E-state index contributed by atoms with van der Waals surface area (Å²) in [6, 6.07) is 8.20. The van der Waals surface area contributed by atoms with E-state index in [0.717, 1.165) is 10.9 Å². The summed E-state index contributed by atoms with van der Waals surface area (Å²) in [6.07, 6.45) is 2.30. The fraction of sp³-hybridized carbons (Fsp3) is 0.462. The highest BCUT2D eigenvalue weighted by molar-refractivity contribution is 9.10. The molecule has 0 amide bonds. The number of halogens is 2. The van der Waals surface area contributed by atoms with Crippen LogP contribution in [0.5, 0.6) is 0 Å². The van der Waals surface area contributed by atoms with E-state index in [1.165, 1.54) is 12.7 Å². The van der Waals surface area contributed by atoms with Gasteiger partial charge < -0.3 is 10.5 Å². The number of carbonyl (C=O) groups excluding carboxylic acids is 1. The lowest BCUT2D eigenvalue weighted by Gasteiger charge is -2.20. The molecule has 0 aliphatic heterocycles.